The monoisotopic (exact) mass is 341 g/mol. The molecular weight excluding hydrogens is 318 g/mol. The van der Waals surface area contributed by atoms with Crippen molar-refractivity contribution in [3.8, 4) is 11.5 Å². The van der Waals surface area contributed by atoms with Crippen LogP contribution in [0.5, 0.6) is 11.5 Å². The van der Waals surface area contributed by atoms with Crippen LogP contribution in [0, 0.1) is 0 Å². The van der Waals surface area contributed by atoms with E-state index in [2.05, 4.69) is 22.2 Å². The van der Waals surface area contributed by atoms with Crippen molar-refractivity contribution in [2.45, 2.75) is 19.6 Å². The number of hydrogen-bond acceptors (Lipinski definition) is 4. The number of methoxy groups -OCH3 is 1. The van der Waals surface area contributed by atoms with E-state index < -0.39 is 0 Å². The number of nitrogens with zero attached hydrogens (tertiary/aromatic N) is 1. The standard InChI is InChI=1S/C19H23N3O3/c1-4-9-21-19(23)22-14(2)16-5-6-17(18(12-16)24-3)25-13-15-7-10-20-11-8-15/h4-8,10-12,14H,1,9,13H2,2-3H3,(H2,21,22,23)/t14-/m1/s1. The van der Waals surface area contributed by atoms with E-state index in [1.165, 1.54) is 0 Å². The minimum Gasteiger partial charge on any atom is -0.493 e. The van der Waals surface area contributed by atoms with E-state index in [4.69, 9.17) is 9.47 Å². The van der Waals surface area contributed by atoms with Gasteiger partial charge in [-0.05, 0) is 42.3 Å². The highest BCUT2D eigenvalue weighted by atomic mass is 16.5. The number of urea groups is 1. The first-order chi connectivity index (χ1) is 12.1. The fraction of sp³-hybridized carbons (Fsp3) is 0.263. The van der Waals surface area contributed by atoms with Crippen LogP contribution in [-0.4, -0.2) is 24.7 Å². The first kappa shape index (κ1) is 18.3. The second kappa shape index (κ2) is 9.32. The summed E-state index contributed by atoms with van der Waals surface area (Å²) in [7, 11) is 1.59. The SMILES string of the molecule is C=CCNC(=O)N[C@H](C)c1ccc(OCc2ccncc2)c(OC)c1. The molecule has 0 aliphatic heterocycles. The lowest BCUT2D eigenvalue weighted by molar-refractivity contribution is 0.239. The summed E-state index contributed by atoms with van der Waals surface area (Å²) in [6.45, 7) is 6.31. The van der Waals surface area contributed by atoms with E-state index >= 15 is 0 Å². The Labute approximate surface area is 147 Å². The van der Waals surface area contributed by atoms with E-state index in [-0.39, 0.29) is 12.1 Å². The number of rotatable bonds is 8. The Kier molecular flexibility index (Phi) is 6.83. The van der Waals surface area contributed by atoms with Crippen molar-refractivity contribution in [1.82, 2.24) is 15.6 Å². The predicted molar refractivity (Wildman–Crippen MR) is 96.7 cm³/mol. The summed E-state index contributed by atoms with van der Waals surface area (Å²) in [5.41, 5.74) is 1.94. The molecule has 1 heterocycles. The summed E-state index contributed by atoms with van der Waals surface area (Å²) >= 11 is 0. The van der Waals surface area contributed by atoms with Gasteiger partial charge in [0.2, 0.25) is 0 Å². The molecule has 2 aromatic rings. The molecule has 2 rings (SSSR count). The second-order valence-corrected chi connectivity index (χ2v) is 5.42. The molecular formula is C19H23N3O3. The molecule has 0 aliphatic carbocycles. The highest BCUT2D eigenvalue weighted by molar-refractivity contribution is 5.74. The van der Waals surface area contributed by atoms with Gasteiger partial charge in [0.05, 0.1) is 13.2 Å². The van der Waals surface area contributed by atoms with E-state index in [1.807, 2.05) is 37.3 Å². The number of benzene rings is 1. The second-order valence-electron chi connectivity index (χ2n) is 5.42. The maximum Gasteiger partial charge on any atom is 0.315 e. The zero-order chi connectivity index (χ0) is 18.1. The maximum atomic E-state index is 11.7. The highest BCUT2D eigenvalue weighted by Crippen LogP contribution is 2.30. The molecule has 6 nitrogen and oxygen atoms in total. The maximum absolute atomic E-state index is 11.7. The average molecular weight is 341 g/mol. The van der Waals surface area contributed by atoms with Crippen LogP contribution in [0.3, 0.4) is 0 Å². The number of ether oxygens (including phenoxy) is 2. The Morgan fingerprint density at radius 1 is 1.28 bits per heavy atom. The van der Waals surface area contributed by atoms with Crippen LogP contribution in [0.2, 0.25) is 0 Å². The van der Waals surface area contributed by atoms with Gasteiger partial charge in [-0.2, -0.15) is 0 Å². The lowest BCUT2D eigenvalue weighted by atomic mass is 10.1. The zero-order valence-corrected chi connectivity index (χ0v) is 14.5. The summed E-state index contributed by atoms with van der Waals surface area (Å²) in [6, 6.07) is 8.99. The average Bonchev–Trinajstić information content (AvgIpc) is 2.65. The molecule has 1 atom stereocenters. The molecule has 0 saturated carbocycles. The Morgan fingerprint density at radius 3 is 2.72 bits per heavy atom. The molecule has 1 aromatic carbocycles. The van der Waals surface area contributed by atoms with Gasteiger partial charge in [0.15, 0.2) is 11.5 Å². The van der Waals surface area contributed by atoms with Crippen LogP contribution in [0.4, 0.5) is 4.79 Å². The van der Waals surface area contributed by atoms with E-state index in [0.717, 1.165) is 11.1 Å². The summed E-state index contributed by atoms with van der Waals surface area (Å²) in [5, 5.41) is 5.54. The minimum absolute atomic E-state index is 0.173. The lowest BCUT2D eigenvalue weighted by Gasteiger charge is -2.17. The van der Waals surface area contributed by atoms with Crippen LogP contribution in [0.1, 0.15) is 24.1 Å². The fourth-order valence-electron chi connectivity index (χ4n) is 2.21. The van der Waals surface area contributed by atoms with Gasteiger partial charge in [-0.1, -0.05) is 12.1 Å². The Morgan fingerprint density at radius 2 is 2.04 bits per heavy atom. The molecule has 2 N–H and O–H groups in total. The lowest BCUT2D eigenvalue weighted by Crippen LogP contribution is -2.37. The molecule has 1 aromatic heterocycles. The number of aromatic nitrogens is 1. The first-order valence-corrected chi connectivity index (χ1v) is 7.99. The number of nitrogens with one attached hydrogen (secondary N) is 2. The molecule has 0 aliphatic rings. The summed E-state index contributed by atoms with van der Waals surface area (Å²) < 4.78 is 11.2. The van der Waals surface area contributed by atoms with Crippen molar-refractivity contribution in [3.05, 3.63) is 66.5 Å². The molecule has 132 valence electrons. The topological polar surface area (TPSA) is 72.5 Å². The van der Waals surface area contributed by atoms with Crippen molar-refractivity contribution in [1.29, 1.82) is 0 Å². The molecule has 0 radical (unpaired) electrons. The number of pyridine rings is 1. The van der Waals surface area contributed by atoms with Crippen LogP contribution in [-0.2, 0) is 6.61 Å². The summed E-state index contributed by atoms with van der Waals surface area (Å²) in [6.07, 6.45) is 5.08. The first-order valence-electron chi connectivity index (χ1n) is 7.99. The molecule has 2 amide bonds. The van der Waals surface area contributed by atoms with Gasteiger partial charge in [0.25, 0.3) is 0 Å². The van der Waals surface area contributed by atoms with Crippen molar-refractivity contribution >= 4 is 6.03 Å². The van der Waals surface area contributed by atoms with Gasteiger partial charge < -0.3 is 20.1 Å². The molecule has 25 heavy (non-hydrogen) atoms. The Bertz CT molecular complexity index is 704. The molecule has 0 bridgehead atoms. The number of amides is 2. The van der Waals surface area contributed by atoms with Crippen LogP contribution in [0.15, 0.2) is 55.4 Å². The number of carbonyl (C=O) groups is 1. The normalized spacial score (nSPS) is 11.3. The molecule has 0 spiro atoms. The summed E-state index contributed by atoms with van der Waals surface area (Å²) in [5.74, 6) is 1.26. The van der Waals surface area contributed by atoms with Crippen LogP contribution in [0.25, 0.3) is 0 Å². The van der Waals surface area contributed by atoms with Gasteiger partial charge in [-0.3, -0.25) is 4.98 Å². The molecule has 0 saturated heterocycles. The third kappa shape index (κ3) is 5.53. The van der Waals surface area contributed by atoms with Gasteiger partial charge in [0, 0.05) is 18.9 Å². The summed E-state index contributed by atoms with van der Waals surface area (Å²) in [4.78, 5) is 15.7. The third-order valence-electron chi connectivity index (χ3n) is 3.59. The Hall–Kier alpha value is -3.02. The molecule has 6 heteroatoms. The van der Waals surface area contributed by atoms with Crippen molar-refractivity contribution < 1.29 is 14.3 Å². The highest BCUT2D eigenvalue weighted by Gasteiger charge is 2.13. The van der Waals surface area contributed by atoms with Crippen LogP contribution >= 0.6 is 0 Å². The minimum atomic E-state index is -0.246. The van der Waals surface area contributed by atoms with Crippen molar-refractivity contribution in [2.24, 2.45) is 0 Å². The number of carbonyl (C=O) groups excluding carboxylic acids is 1. The largest absolute Gasteiger partial charge is 0.493 e. The van der Waals surface area contributed by atoms with E-state index in [0.29, 0.717) is 24.7 Å². The smallest absolute Gasteiger partial charge is 0.315 e. The molecule has 0 fully saturated rings. The Balaban J connectivity index is 2.02. The zero-order valence-electron chi connectivity index (χ0n) is 14.5. The fourth-order valence-corrected chi connectivity index (χ4v) is 2.21. The van der Waals surface area contributed by atoms with Gasteiger partial charge >= 0.3 is 6.03 Å². The quantitative estimate of drug-likeness (QED) is 0.723. The predicted octanol–water partition coefficient (Wildman–Crippen LogP) is 3.22. The number of hydrogen-bond donors (Lipinski definition) is 2. The third-order valence-corrected chi connectivity index (χ3v) is 3.59. The van der Waals surface area contributed by atoms with Crippen LogP contribution < -0.4 is 20.1 Å². The van der Waals surface area contributed by atoms with Crippen molar-refractivity contribution in [2.75, 3.05) is 13.7 Å². The van der Waals surface area contributed by atoms with E-state index in [1.54, 1.807) is 25.6 Å². The van der Waals surface area contributed by atoms with Gasteiger partial charge in [-0.15, -0.1) is 6.58 Å². The van der Waals surface area contributed by atoms with Gasteiger partial charge in [-0.25, -0.2) is 4.79 Å². The van der Waals surface area contributed by atoms with Crippen molar-refractivity contribution in [3.63, 3.8) is 0 Å². The molecule has 0 unspecified atom stereocenters. The van der Waals surface area contributed by atoms with E-state index in [9.17, 15) is 4.79 Å². The van der Waals surface area contributed by atoms with Gasteiger partial charge in [0.1, 0.15) is 6.61 Å².